The number of thiocarbonyl (C=S) groups is 1. The molecule has 0 radical (unpaired) electrons. The molecule has 0 aromatic heterocycles. The lowest BCUT2D eigenvalue weighted by molar-refractivity contribution is -0.115. The fraction of sp³-hybridized carbons (Fsp3) is 0.0588. The predicted octanol–water partition coefficient (Wildman–Crippen LogP) is 4.83. The molecule has 23 heavy (non-hydrogen) atoms. The minimum atomic E-state index is -0.332. The minimum absolute atomic E-state index is 0.146. The van der Waals surface area contributed by atoms with E-state index in [-0.39, 0.29) is 11.0 Å². The summed E-state index contributed by atoms with van der Waals surface area (Å²) in [5, 5.41) is 6.29. The van der Waals surface area contributed by atoms with Crippen LogP contribution in [0.5, 0.6) is 0 Å². The first-order valence-electron chi connectivity index (χ1n) is 6.76. The third-order valence-electron chi connectivity index (χ3n) is 2.94. The Hall–Kier alpha value is -1.88. The monoisotopic (exact) mass is 364 g/mol. The Morgan fingerprint density at radius 2 is 1.83 bits per heavy atom. The van der Waals surface area contributed by atoms with Crippen molar-refractivity contribution < 1.29 is 4.79 Å². The number of carbonyl (C=O) groups is 1. The van der Waals surface area contributed by atoms with Gasteiger partial charge >= 0.3 is 0 Å². The number of benzene rings is 2. The largest absolute Gasteiger partial charge is 0.331 e. The first kappa shape index (κ1) is 17.5. The SMILES string of the molecule is Cc1ccc(C=CC(=O)NC(=S)Nc2cccc(Cl)c2Cl)cc1. The van der Waals surface area contributed by atoms with Gasteiger partial charge in [0, 0.05) is 6.08 Å². The van der Waals surface area contributed by atoms with Gasteiger partial charge in [-0.25, -0.2) is 0 Å². The van der Waals surface area contributed by atoms with Gasteiger partial charge in [0.25, 0.3) is 0 Å². The summed E-state index contributed by atoms with van der Waals surface area (Å²) >= 11 is 17.0. The summed E-state index contributed by atoms with van der Waals surface area (Å²) in [4.78, 5) is 11.9. The van der Waals surface area contributed by atoms with Gasteiger partial charge in [-0.3, -0.25) is 10.1 Å². The summed E-state index contributed by atoms with van der Waals surface area (Å²) < 4.78 is 0. The lowest BCUT2D eigenvalue weighted by Gasteiger charge is -2.10. The number of hydrogen-bond donors (Lipinski definition) is 2. The number of carbonyl (C=O) groups excluding carboxylic acids is 1. The van der Waals surface area contributed by atoms with Gasteiger partial charge in [-0.2, -0.15) is 0 Å². The van der Waals surface area contributed by atoms with Crippen LogP contribution in [0.1, 0.15) is 11.1 Å². The zero-order chi connectivity index (χ0) is 16.8. The first-order valence-corrected chi connectivity index (χ1v) is 7.93. The van der Waals surface area contributed by atoms with Crippen molar-refractivity contribution >= 4 is 58.2 Å². The van der Waals surface area contributed by atoms with Crippen LogP contribution in [0.2, 0.25) is 10.0 Å². The van der Waals surface area contributed by atoms with Gasteiger partial charge < -0.3 is 5.32 Å². The molecule has 1 amide bonds. The lowest BCUT2D eigenvalue weighted by Crippen LogP contribution is -2.32. The van der Waals surface area contributed by atoms with Crippen molar-refractivity contribution in [1.29, 1.82) is 0 Å². The maximum atomic E-state index is 11.9. The highest BCUT2D eigenvalue weighted by Crippen LogP contribution is 2.29. The van der Waals surface area contributed by atoms with Gasteiger partial charge in [0.2, 0.25) is 5.91 Å². The quantitative estimate of drug-likeness (QED) is 0.605. The van der Waals surface area contributed by atoms with Gasteiger partial charge in [0.05, 0.1) is 15.7 Å². The van der Waals surface area contributed by atoms with Crippen molar-refractivity contribution in [1.82, 2.24) is 5.32 Å². The summed E-state index contributed by atoms with van der Waals surface area (Å²) in [6, 6.07) is 12.9. The van der Waals surface area contributed by atoms with Crippen LogP contribution < -0.4 is 10.6 Å². The molecular formula is C17H14Cl2N2OS. The standard InChI is InChI=1S/C17H14Cl2N2OS/c1-11-5-7-12(8-6-11)9-10-15(22)21-17(23)20-14-4-2-3-13(18)16(14)19/h2-10H,1H3,(H2,20,21,22,23). The van der Waals surface area contributed by atoms with Crippen LogP contribution in [0.25, 0.3) is 6.08 Å². The first-order chi connectivity index (χ1) is 11.0. The Morgan fingerprint density at radius 3 is 2.52 bits per heavy atom. The number of anilines is 1. The van der Waals surface area contributed by atoms with E-state index in [2.05, 4.69) is 10.6 Å². The number of nitrogens with one attached hydrogen (secondary N) is 2. The number of rotatable bonds is 3. The average molecular weight is 365 g/mol. The average Bonchev–Trinajstić information content (AvgIpc) is 2.51. The van der Waals surface area contributed by atoms with Gasteiger partial charge in [-0.05, 0) is 42.9 Å². The molecular weight excluding hydrogens is 351 g/mol. The number of amides is 1. The van der Waals surface area contributed by atoms with Crippen LogP contribution in [-0.2, 0) is 4.79 Å². The molecule has 0 aliphatic carbocycles. The molecule has 3 nitrogen and oxygen atoms in total. The van der Waals surface area contributed by atoms with Crippen LogP contribution in [0.15, 0.2) is 48.5 Å². The summed E-state index contributed by atoms with van der Waals surface area (Å²) in [5.41, 5.74) is 2.63. The van der Waals surface area contributed by atoms with Crippen LogP contribution in [0, 0.1) is 6.92 Å². The molecule has 0 atom stereocenters. The van der Waals surface area contributed by atoms with E-state index in [0.29, 0.717) is 15.7 Å². The zero-order valence-corrected chi connectivity index (χ0v) is 14.6. The molecule has 6 heteroatoms. The maximum absolute atomic E-state index is 11.9. The van der Waals surface area contributed by atoms with Crippen LogP contribution in [0.4, 0.5) is 5.69 Å². The normalized spacial score (nSPS) is 10.6. The highest BCUT2D eigenvalue weighted by molar-refractivity contribution is 7.80. The van der Waals surface area contributed by atoms with Gasteiger partial charge in [-0.15, -0.1) is 0 Å². The van der Waals surface area contributed by atoms with Gasteiger partial charge in [0.1, 0.15) is 0 Å². The second kappa shape index (κ2) is 8.11. The highest BCUT2D eigenvalue weighted by atomic mass is 35.5. The Morgan fingerprint density at radius 1 is 1.13 bits per heavy atom. The fourth-order valence-electron chi connectivity index (χ4n) is 1.76. The van der Waals surface area contributed by atoms with Crippen molar-refractivity contribution in [2.45, 2.75) is 6.92 Å². The molecule has 0 heterocycles. The zero-order valence-electron chi connectivity index (χ0n) is 12.3. The molecule has 2 aromatic carbocycles. The summed E-state index contributed by atoms with van der Waals surface area (Å²) in [6.45, 7) is 2.01. The van der Waals surface area contributed by atoms with E-state index in [4.69, 9.17) is 35.4 Å². The molecule has 0 fully saturated rings. The van der Waals surface area contributed by atoms with E-state index in [1.807, 2.05) is 31.2 Å². The van der Waals surface area contributed by atoms with Crippen molar-refractivity contribution in [3.8, 4) is 0 Å². The molecule has 0 aliphatic heterocycles. The van der Waals surface area contributed by atoms with E-state index in [0.717, 1.165) is 11.1 Å². The third-order valence-corrected chi connectivity index (χ3v) is 3.96. The Kier molecular flexibility index (Phi) is 6.16. The van der Waals surface area contributed by atoms with Crippen LogP contribution >= 0.6 is 35.4 Å². The van der Waals surface area contributed by atoms with E-state index in [9.17, 15) is 4.79 Å². The maximum Gasteiger partial charge on any atom is 0.250 e. The molecule has 0 saturated heterocycles. The smallest absolute Gasteiger partial charge is 0.250 e. The molecule has 118 valence electrons. The van der Waals surface area contributed by atoms with Crippen molar-refractivity contribution in [2.24, 2.45) is 0 Å². The van der Waals surface area contributed by atoms with Gasteiger partial charge in [-0.1, -0.05) is 59.1 Å². The molecule has 2 N–H and O–H groups in total. The van der Waals surface area contributed by atoms with E-state index >= 15 is 0 Å². The summed E-state index contributed by atoms with van der Waals surface area (Å²) in [6.07, 6.45) is 3.13. The van der Waals surface area contributed by atoms with Crippen molar-refractivity contribution in [3.63, 3.8) is 0 Å². The van der Waals surface area contributed by atoms with Crippen molar-refractivity contribution in [2.75, 3.05) is 5.32 Å². The number of hydrogen-bond acceptors (Lipinski definition) is 2. The topological polar surface area (TPSA) is 41.1 Å². The minimum Gasteiger partial charge on any atom is -0.331 e. The Labute approximate surface area is 150 Å². The van der Waals surface area contributed by atoms with Crippen LogP contribution in [0.3, 0.4) is 0 Å². The predicted molar refractivity (Wildman–Crippen MR) is 101 cm³/mol. The number of aryl methyl sites for hydroxylation is 1. The molecule has 0 aliphatic rings. The second-order valence-corrected chi connectivity index (χ2v) is 5.98. The van der Waals surface area contributed by atoms with E-state index < -0.39 is 0 Å². The van der Waals surface area contributed by atoms with E-state index in [1.54, 1.807) is 24.3 Å². The Balaban J connectivity index is 1.93. The van der Waals surface area contributed by atoms with Crippen molar-refractivity contribution in [3.05, 3.63) is 69.7 Å². The third kappa shape index (κ3) is 5.36. The molecule has 0 bridgehead atoms. The lowest BCUT2D eigenvalue weighted by atomic mass is 10.1. The number of halogens is 2. The molecule has 0 unspecified atom stereocenters. The van der Waals surface area contributed by atoms with E-state index in [1.165, 1.54) is 6.08 Å². The van der Waals surface area contributed by atoms with Gasteiger partial charge in [0.15, 0.2) is 5.11 Å². The second-order valence-electron chi connectivity index (χ2n) is 4.79. The summed E-state index contributed by atoms with van der Waals surface area (Å²) in [7, 11) is 0. The van der Waals surface area contributed by atoms with Crippen LogP contribution in [-0.4, -0.2) is 11.0 Å². The highest BCUT2D eigenvalue weighted by Gasteiger charge is 2.07. The fourth-order valence-corrected chi connectivity index (χ4v) is 2.32. The Bertz CT molecular complexity index is 758. The molecule has 0 spiro atoms. The molecule has 0 saturated carbocycles. The molecule has 2 aromatic rings. The summed E-state index contributed by atoms with van der Waals surface area (Å²) in [5.74, 6) is -0.332. The molecule has 2 rings (SSSR count).